The average Bonchev–Trinajstić information content (AvgIpc) is 3.57. The monoisotopic (exact) mass is 668 g/mol. The molecule has 0 aromatic carbocycles. The average molecular weight is 668 g/mol. The van der Waals surface area contributed by atoms with Crippen molar-refractivity contribution in [3.63, 3.8) is 0 Å². The van der Waals surface area contributed by atoms with E-state index in [2.05, 4.69) is 24.2 Å². The zero-order valence-electron chi connectivity index (χ0n) is 21.5. The largest absolute Gasteiger partial charge is 0.479 e. The van der Waals surface area contributed by atoms with E-state index >= 15 is 0 Å². The summed E-state index contributed by atoms with van der Waals surface area (Å²) >= 11 is 4.77. The fraction of sp³-hybridized carbons (Fsp3) is 0.526. The van der Waals surface area contributed by atoms with Gasteiger partial charge in [-0.2, -0.15) is 4.98 Å². The highest BCUT2D eigenvalue weighted by atomic mass is 32.5. The van der Waals surface area contributed by atoms with Gasteiger partial charge in [0.05, 0.1) is 19.5 Å². The van der Waals surface area contributed by atoms with Crippen molar-refractivity contribution >= 4 is 49.1 Å². The maximum absolute atomic E-state index is 12.5. The molecule has 5 heterocycles. The molecule has 2 aliphatic heterocycles. The number of aromatic nitrogens is 6. The maximum atomic E-state index is 12.5. The van der Waals surface area contributed by atoms with Crippen LogP contribution in [-0.4, -0.2) is 109 Å². The molecule has 3 aromatic heterocycles. The number of rotatable bonds is 10. The zero-order chi connectivity index (χ0) is 31.3. The molecule has 236 valence electrons. The second kappa shape index (κ2) is 12.1. The second-order valence-electron chi connectivity index (χ2n) is 9.33. The molecule has 21 nitrogen and oxygen atoms in total. The van der Waals surface area contributed by atoms with Crippen molar-refractivity contribution < 1.29 is 57.6 Å². The van der Waals surface area contributed by atoms with Crippen molar-refractivity contribution in [1.82, 2.24) is 29.1 Å². The predicted octanol–water partition coefficient (Wildman–Crippen LogP) is -3.15. The molecular formula is C19H26N8O13P2S. The zero-order valence-corrected chi connectivity index (χ0v) is 24.1. The molecule has 43 heavy (non-hydrogen) atoms. The molecule has 5 rings (SSSR count). The molecule has 0 amide bonds. The summed E-state index contributed by atoms with van der Waals surface area (Å²) in [4.78, 5) is 47.9. The van der Waals surface area contributed by atoms with E-state index in [1.54, 1.807) is 0 Å². The number of ether oxygens (including phenoxy) is 2. The smallest absolute Gasteiger partial charge is 0.387 e. The summed E-state index contributed by atoms with van der Waals surface area (Å²) in [5, 5.41) is 41.6. The number of nitrogen functional groups attached to an aromatic ring is 2. The number of phosphoric acid groups is 1. The van der Waals surface area contributed by atoms with Gasteiger partial charge in [0.1, 0.15) is 54.3 Å². The summed E-state index contributed by atoms with van der Waals surface area (Å²) < 4.78 is 40.1. The SMILES string of the molecule is Nc1ccn([C@@H]2O[C@H](COP(=O)(O)OP(O)(=S)OC[C@H]3O[C@@H](n4cnc5c(N)ncnc54)[C@H](O)[C@@H]3O)[C@@H](O)[C@H]2O)c(=O)n1. The summed E-state index contributed by atoms with van der Waals surface area (Å²) in [6.45, 7) is -6.11. The third-order valence-corrected chi connectivity index (χ3v) is 9.99. The number of nitrogens with two attached hydrogens (primary N) is 2. The number of imidazole rings is 1. The Kier molecular flexibility index (Phi) is 8.97. The summed E-state index contributed by atoms with van der Waals surface area (Å²) in [7, 11) is -5.18. The van der Waals surface area contributed by atoms with Crippen LogP contribution in [0.2, 0.25) is 0 Å². The molecule has 2 unspecified atom stereocenters. The quantitative estimate of drug-likeness (QED) is 0.0989. The van der Waals surface area contributed by atoms with E-state index in [1.807, 2.05) is 0 Å². The molecular weight excluding hydrogens is 642 g/mol. The van der Waals surface area contributed by atoms with E-state index in [0.717, 1.165) is 4.57 Å². The lowest BCUT2D eigenvalue weighted by atomic mass is 10.1. The van der Waals surface area contributed by atoms with Crippen LogP contribution in [0.4, 0.5) is 11.6 Å². The summed E-state index contributed by atoms with van der Waals surface area (Å²) in [5.41, 5.74) is 10.7. The van der Waals surface area contributed by atoms with Gasteiger partial charge in [-0.1, -0.05) is 0 Å². The van der Waals surface area contributed by atoms with Crippen molar-refractivity contribution in [2.45, 2.75) is 49.1 Å². The highest BCUT2D eigenvalue weighted by Gasteiger charge is 2.47. The van der Waals surface area contributed by atoms with E-state index in [0.29, 0.717) is 0 Å². The highest BCUT2D eigenvalue weighted by Crippen LogP contribution is 2.61. The Morgan fingerprint density at radius 1 is 0.930 bits per heavy atom. The van der Waals surface area contributed by atoms with Crippen LogP contribution in [0.15, 0.2) is 29.7 Å². The first kappa shape index (κ1) is 31.9. The highest BCUT2D eigenvalue weighted by molar-refractivity contribution is 8.08. The first-order valence-corrected chi connectivity index (χ1v) is 16.2. The molecule has 2 fully saturated rings. The van der Waals surface area contributed by atoms with Crippen LogP contribution >= 0.6 is 14.5 Å². The van der Waals surface area contributed by atoms with Gasteiger partial charge in [0, 0.05) is 6.20 Å². The molecule has 0 saturated carbocycles. The fourth-order valence-corrected chi connectivity index (χ4v) is 7.41. The Bertz CT molecular complexity index is 1650. The number of nitrogens with zero attached hydrogens (tertiary/aromatic N) is 6. The lowest BCUT2D eigenvalue weighted by Gasteiger charge is -2.22. The molecule has 2 aliphatic rings. The molecule has 0 aliphatic carbocycles. The lowest BCUT2D eigenvalue weighted by Crippen LogP contribution is -2.36. The minimum atomic E-state index is -5.18. The van der Waals surface area contributed by atoms with Crippen LogP contribution in [-0.2, 0) is 39.2 Å². The molecule has 0 spiro atoms. The Morgan fingerprint density at radius 2 is 1.53 bits per heavy atom. The van der Waals surface area contributed by atoms with Gasteiger partial charge in [0.2, 0.25) is 0 Å². The van der Waals surface area contributed by atoms with Gasteiger partial charge >= 0.3 is 20.2 Å². The molecule has 0 bridgehead atoms. The molecule has 10 N–H and O–H groups in total. The Balaban J connectivity index is 1.16. The molecule has 10 atom stereocenters. The van der Waals surface area contributed by atoms with Gasteiger partial charge in [0.15, 0.2) is 23.9 Å². The van der Waals surface area contributed by atoms with Crippen LogP contribution in [0.3, 0.4) is 0 Å². The predicted molar refractivity (Wildman–Crippen MR) is 144 cm³/mol. The van der Waals surface area contributed by atoms with Gasteiger partial charge in [-0.25, -0.2) is 28.6 Å². The topological polar surface area (TPSA) is 315 Å². The number of aliphatic hydroxyl groups is 4. The van der Waals surface area contributed by atoms with E-state index in [9.17, 15) is 39.6 Å². The van der Waals surface area contributed by atoms with Crippen LogP contribution in [0.5, 0.6) is 0 Å². The number of phosphoric ester groups is 1. The Hall–Kier alpha value is -2.53. The van der Waals surface area contributed by atoms with E-state index in [-0.39, 0.29) is 22.8 Å². The third-order valence-electron chi connectivity index (χ3n) is 6.47. The minimum Gasteiger partial charge on any atom is -0.387 e. The van der Waals surface area contributed by atoms with Crippen molar-refractivity contribution in [2.24, 2.45) is 0 Å². The first-order valence-electron chi connectivity index (χ1n) is 12.1. The van der Waals surface area contributed by atoms with Crippen LogP contribution in [0.1, 0.15) is 12.5 Å². The molecule has 0 radical (unpaired) electrons. The molecule has 3 aromatic rings. The Labute approximate surface area is 245 Å². The first-order chi connectivity index (χ1) is 20.2. The van der Waals surface area contributed by atoms with E-state index in [4.69, 9.17) is 41.8 Å². The van der Waals surface area contributed by atoms with Crippen molar-refractivity contribution in [2.75, 3.05) is 24.7 Å². The van der Waals surface area contributed by atoms with Gasteiger partial charge in [-0.05, 0) is 17.9 Å². The number of aliphatic hydroxyl groups excluding tert-OH is 4. The second-order valence-corrected chi connectivity index (χ2v) is 13.8. The lowest BCUT2D eigenvalue weighted by molar-refractivity contribution is -0.0548. The third kappa shape index (κ3) is 6.62. The Morgan fingerprint density at radius 3 is 2.16 bits per heavy atom. The van der Waals surface area contributed by atoms with Crippen molar-refractivity contribution in [1.29, 1.82) is 0 Å². The maximum Gasteiger partial charge on any atom is 0.479 e. The van der Waals surface area contributed by atoms with Crippen LogP contribution in [0.25, 0.3) is 11.2 Å². The van der Waals surface area contributed by atoms with E-state index in [1.165, 1.54) is 29.5 Å². The van der Waals surface area contributed by atoms with Gasteiger partial charge in [-0.3, -0.25) is 13.7 Å². The fourth-order valence-electron chi connectivity index (χ4n) is 4.38. The van der Waals surface area contributed by atoms with Crippen LogP contribution < -0.4 is 17.2 Å². The number of hydrogen-bond acceptors (Lipinski definition) is 18. The summed E-state index contributed by atoms with van der Waals surface area (Å²) in [5.74, 6) is -0.0167. The number of hydrogen-bond donors (Lipinski definition) is 8. The van der Waals surface area contributed by atoms with Crippen molar-refractivity contribution in [3.8, 4) is 0 Å². The normalized spacial score (nSPS) is 32.1. The van der Waals surface area contributed by atoms with Crippen molar-refractivity contribution in [3.05, 3.63) is 35.4 Å². The number of anilines is 2. The summed E-state index contributed by atoms with van der Waals surface area (Å²) in [6, 6.07) is 1.25. The molecule has 24 heteroatoms. The van der Waals surface area contributed by atoms with E-state index < -0.39 is 82.5 Å². The standard InChI is InChI=1S/C19H26N8O13P2S/c20-9-1-2-26(19(32)25-9)17-13(30)11(28)7(38-17)3-36-41(33,34)40-42(35,43)37-4-8-12(29)14(31)18(39-8)27-6-24-10-15(21)22-5-23-16(10)27/h1-2,5-8,11-14,17-18,28-31H,3-4H2,(H,33,34)(H,35,43)(H2,20,25,32)(H2,21,22,23)/t7-,8-,11-,12-,13-,14-,17-,18-,42?/m1/s1. The van der Waals surface area contributed by atoms with Gasteiger partial charge < -0.3 is 55.7 Å². The van der Waals surface area contributed by atoms with Gasteiger partial charge in [0.25, 0.3) is 0 Å². The summed E-state index contributed by atoms with van der Waals surface area (Å²) in [6.07, 6.45) is -8.24. The molecule has 2 saturated heterocycles. The minimum absolute atomic E-state index is 0.0741. The van der Waals surface area contributed by atoms with Gasteiger partial charge in [-0.15, -0.1) is 0 Å². The number of fused-ring (bicyclic) bond motifs is 1. The van der Waals surface area contributed by atoms with Crippen LogP contribution in [0, 0.1) is 0 Å².